The third-order valence-corrected chi connectivity index (χ3v) is 5.65. The van der Waals surface area contributed by atoms with Gasteiger partial charge >= 0.3 is 0 Å². The molecule has 0 aromatic carbocycles. The van der Waals surface area contributed by atoms with Crippen molar-refractivity contribution in [1.29, 1.82) is 0 Å². The summed E-state index contributed by atoms with van der Waals surface area (Å²) in [6.07, 6.45) is 6.19. The maximum absolute atomic E-state index is 11.7. The van der Waals surface area contributed by atoms with Crippen molar-refractivity contribution >= 4 is 41.0 Å². The number of nitrogens with zero attached hydrogens (tertiary/aromatic N) is 2. The number of hydrogen-bond donors (Lipinski definition) is 0. The van der Waals surface area contributed by atoms with Crippen molar-refractivity contribution < 1.29 is 43.0 Å². The van der Waals surface area contributed by atoms with Crippen LogP contribution in [0, 0.1) is 11.8 Å². The van der Waals surface area contributed by atoms with Crippen LogP contribution in [0.1, 0.15) is 53.4 Å². The SMILES string of the molecule is CC(C)C(=O)CCN1C(=O)C=CC1=O.CC(C)C(=O)COCCOCCCC(=O)CCN1C(=O)C=CC1=O. The zero-order valence-corrected chi connectivity index (χ0v) is 22.6. The second-order valence-corrected chi connectivity index (χ2v) is 9.37. The fourth-order valence-corrected chi connectivity index (χ4v) is 3.11. The summed E-state index contributed by atoms with van der Waals surface area (Å²) in [7, 11) is 0. The molecular weight excluding hydrogens is 496 g/mol. The number of carbonyl (C=O) groups excluding carboxylic acids is 7. The minimum Gasteiger partial charge on any atom is -0.379 e. The van der Waals surface area contributed by atoms with E-state index in [-0.39, 0.29) is 85.4 Å². The molecule has 0 aliphatic carbocycles. The lowest BCUT2D eigenvalue weighted by Crippen LogP contribution is -2.32. The molecule has 210 valence electrons. The Balaban J connectivity index is 0.000000437. The van der Waals surface area contributed by atoms with Gasteiger partial charge in [-0.2, -0.15) is 0 Å². The lowest BCUT2D eigenvalue weighted by Gasteiger charge is -2.13. The molecule has 0 aromatic rings. The topological polar surface area (TPSA) is 144 Å². The molecule has 0 atom stereocenters. The Morgan fingerprint density at radius 2 is 1.08 bits per heavy atom. The van der Waals surface area contributed by atoms with E-state index in [9.17, 15) is 33.6 Å². The first-order valence-electron chi connectivity index (χ1n) is 12.7. The average Bonchev–Trinajstić information content (AvgIpc) is 3.36. The predicted octanol–water partition coefficient (Wildman–Crippen LogP) is 1.44. The summed E-state index contributed by atoms with van der Waals surface area (Å²) < 4.78 is 10.5. The highest BCUT2D eigenvalue weighted by Gasteiger charge is 2.24. The van der Waals surface area contributed by atoms with Gasteiger partial charge in [0.05, 0.1) is 13.2 Å². The smallest absolute Gasteiger partial charge is 0.253 e. The van der Waals surface area contributed by atoms with Crippen molar-refractivity contribution in [2.75, 3.05) is 39.5 Å². The van der Waals surface area contributed by atoms with Crippen molar-refractivity contribution in [3.8, 4) is 0 Å². The molecule has 0 saturated carbocycles. The van der Waals surface area contributed by atoms with Gasteiger partial charge in [0.15, 0.2) is 5.78 Å². The predicted molar refractivity (Wildman–Crippen MR) is 137 cm³/mol. The van der Waals surface area contributed by atoms with E-state index in [4.69, 9.17) is 9.47 Å². The van der Waals surface area contributed by atoms with Crippen LogP contribution >= 0.6 is 0 Å². The Labute approximate surface area is 223 Å². The van der Waals surface area contributed by atoms with Crippen molar-refractivity contribution in [2.24, 2.45) is 11.8 Å². The number of hydrogen-bond acceptors (Lipinski definition) is 9. The summed E-state index contributed by atoms with van der Waals surface area (Å²) in [6.45, 7) is 8.82. The highest BCUT2D eigenvalue weighted by Crippen LogP contribution is 2.07. The summed E-state index contributed by atoms with van der Waals surface area (Å²) in [5.41, 5.74) is 0. The van der Waals surface area contributed by atoms with Crippen molar-refractivity contribution in [3.05, 3.63) is 24.3 Å². The van der Waals surface area contributed by atoms with Gasteiger partial charge in [0, 0.05) is 75.1 Å². The van der Waals surface area contributed by atoms with E-state index < -0.39 is 0 Å². The standard InChI is InChI=1S/C17H25NO6.C10H13NO3/c1-13(2)15(20)12-24-11-10-23-9-3-4-14(19)7-8-18-16(21)5-6-17(18)22;1-7(2)8(12)5-6-11-9(13)3-4-10(11)14/h5-6,13H,3-4,7-12H2,1-2H3;3-4,7H,5-6H2,1-2H3. The third kappa shape index (κ3) is 12.3. The van der Waals surface area contributed by atoms with E-state index >= 15 is 0 Å². The number of carbonyl (C=O) groups is 7. The summed E-state index contributed by atoms with van der Waals surface area (Å²) in [5, 5.41) is 0. The van der Waals surface area contributed by atoms with Crippen LogP contribution < -0.4 is 0 Å². The highest BCUT2D eigenvalue weighted by molar-refractivity contribution is 6.13. The van der Waals surface area contributed by atoms with Gasteiger partial charge in [0.2, 0.25) is 0 Å². The van der Waals surface area contributed by atoms with Gasteiger partial charge in [-0.1, -0.05) is 27.7 Å². The first-order chi connectivity index (χ1) is 17.9. The number of Topliss-reactive ketones (excluding diaryl/α,β-unsaturated/α-hetero) is 3. The third-order valence-electron chi connectivity index (χ3n) is 5.65. The van der Waals surface area contributed by atoms with E-state index in [1.807, 2.05) is 13.8 Å². The largest absolute Gasteiger partial charge is 0.379 e. The van der Waals surface area contributed by atoms with E-state index in [1.54, 1.807) is 13.8 Å². The quantitative estimate of drug-likeness (QED) is 0.200. The number of amides is 4. The molecule has 0 aromatic heterocycles. The summed E-state index contributed by atoms with van der Waals surface area (Å²) in [5.74, 6) is -1.35. The Hall–Kier alpha value is -3.31. The van der Waals surface area contributed by atoms with Crippen LogP contribution in [-0.2, 0) is 43.0 Å². The van der Waals surface area contributed by atoms with Crippen LogP contribution in [0.5, 0.6) is 0 Å². The molecule has 0 saturated heterocycles. The number of rotatable bonds is 17. The lowest BCUT2D eigenvalue weighted by atomic mass is 10.1. The highest BCUT2D eigenvalue weighted by atomic mass is 16.5. The molecule has 2 aliphatic heterocycles. The molecule has 4 amide bonds. The van der Waals surface area contributed by atoms with Crippen LogP contribution in [-0.4, -0.2) is 90.3 Å². The van der Waals surface area contributed by atoms with Gasteiger partial charge in [0.25, 0.3) is 23.6 Å². The zero-order valence-electron chi connectivity index (χ0n) is 22.6. The Bertz CT molecular complexity index is 914. The molecule has 0 unspecified atom stereocenters. The summed E-state index contributed by atoms with van der Waals surface area (Å²) >= 11 is 0. The van der Waals surface area contributed by atoms with Crippen LogP contribution in [0.2, 0.25) is 0 Å². The van der Waals surface area contributed by atoms with E-state index in [1.165, 1.54) is 24.3 Å². The van der Waals surface area contributed by atoms with Crippen LogP contribution in [0.25, 0.3) is 0 Å². The van der Waals surface area contributed by atoms with Gasteiger partial charge in [-0.15, -0.1) is 0 Å². The normalized spacial score (nSPS) is 14.7. The number of ketones is 3. The zero-order chi connectivity index (χ0) is 28.7. The Kier molecular flexibility index (Phi) is 14.8. The van der Waals surface area contributed by atoms with Crippen LogP contribution in [0.3, 0.4) is 0 Å². The van der Waals surface area contributed by atoms with E-state index in [0.717, 1.165) is 9.80 Å². The first-order valence-corrected chi connectivity index (χ1v) is 12.7. The van der Waals surface area contributed by atoms with Crippen molar-refractivity contribution in [3.63, 3.8) is 0 Å². The molecule has 11 heteroatoms. The number of imide groups is 2. The van der Waals surface area contributed by atoms with Gasteiger partial charge in [0.1, 0.15) is 18.2 Å². The Morgan fingerprint density at radius 1 is 0.632 bits per heavy atom. The second-order valence-electron chi connectivity index (χ2n) is 9.37. The maximum atomic E-state index is 11.7. The molecular formula is C27H38N2O9. The van der Waals surface area contributed by atoms with Crippen molar-refractivity contribution in [1.82, 2.24) is 9.80 Å². The minimum atomic E-state index is -0.368. The van der Waals surface area contributed by atoms with Gasteiger partial charge in [-0.3, -0.25) is 43.4 Å². The van der Waals surface area contributed by atoms with Gasteiger partial charge in [-0.05, 0) is 6.42 Å². The molecule has 0 bridgehead atoms. The molecule has 0 radical (unpaired) electrons. The molecule has 0 fully saturated rings. The Morgan fingerprint density at radius 3 is 1.55 bits per heavy atom. The van der Waals surface area contributed by atoms with E-state index in [2.05, 4.69) is 0 Å². The summed E-state index contributed by atoms with van der Waals surface area (Å²) in [4.78, 5) is 81.2. The van der Waals surface area contributed by atoms with Gasteiger partial charge in [-0.25, -0.2) is 0 Å². The summed E-state index contributed by atoms with van der Waals surface area (Å²) in [6, 6.07) is 0. The van der Waals surface area contributed by atoms with Gasteiger partial charge < -0.3 is 9.47 Å². The molecule has 2 aliphatic rings. The molecule has 0 N–H and O–H groups in total. The molecule has 2 rings (SSSR count). The average molecular weight is 535 g/mol. The fourth-order valence-electron chi connectivity index (χ4n) is 3.11. The first kappa shape index (κ1) is 32.7. The molecule has 11 nitrogen and oxygen atoms in total. The van der Waals surface area contributed by atoms with Crippen molar-refractivity contribution in [2.45, 2.75) is 53.4 Å². The van der Waals surface area contributed by atoms with Crippen LogP contribution in [0.15, 0.2) is 24.3 Å². The molecule has 0 spiro atoms. The maximum Gasteiger partial charge on any atom is 0.253 e. The molecule has 2 heterocycles. The van der Waals surface area contributed by atoms with Crippen LogP contribution in [0.4, 0.5) is 0 Å². The monoisotopic (exact) mass is 534 g/mol. The van der Waals surface area contributed by atoms with E-state index in [0.29, 0.717) is 32.7 Å². The molecule has 38 heavy (non-hydrogen) atoms. The minimum absolute atomic E-state index is 0.00937. The second kappa shape index (κ2) is 17.2. The number of ether oxygens (including phenoxy) is 2. The fraction of sp³-hybridized carbons (Fsp3) is 0.593. The lowest BCUT2D eigenvalue weighted by molar-refractivity contribution is -0.139.